The Morgan fingerprint density at radius 3 is 1.80 bits per heavy atom. The van der Waals surface area contributed by atoms with Crippen LogP contribution in [0.15, 0.2) is 66.7 Å². The van der Waals surface area contributed by atoms with Crippen LogP contribution in [0.2, 0.25) is 0 Å². The van der Waals surface area contributed by atoms with Crippen LogP contribution in [0.3, 0.4) is 0 Å². The third-order valence-electron chi connectivity index (χ3n) is 8.60. The molecule has 1 aliphatic carbocycles. The Bertz CT molecular complexity index is 1640. The molecule has 0 radical (unpaired) electrons. The SMILES string of the molecule is CCCCCC1CCC(c2ccc(-c3ccc(-c4ccc(C(F)(F)Oc5cc(F)c(F)c(F)c5)c(F)c4)c(F)c3)c(F)c2)CC1. The summed E-state index contributed by atoms with van der Waals surface area (Å²) in [5.74, 6) is -8.25. The van der Waals surface area contributed by atoms with Crippen LogP contribution in [0.25, 0.3) is 22.3 Å². The van der Waals surface area contributed by atoms with Crippen molar-refractivity contribution in [2.75, 3.05) is 0 Å². The molecule has 1 fully saturated rings. The van der Waals surface area contributed by atoms with Gasteiger partial charge >= 0.3 is 6.11 Å². The molecular weight excluding hydrogens is 600 g/mol. The second kappa shape index (κ2) is 13.6. The number of halogens is 8. The van der Waals surface area contributed by atoms with Crippen molar-refractivity contribution in [1.82, 2.24) is 0 Å². The Morgan fingerprint density at radius 1 is 0.644 bits per heavy atom. The van der Waals surface area contributed by atoms with Gasteiger partial charge in [-0.15, -0.1) is 0 Å². The quantitative estimate of drug-likeness (QED) is 0.0960. The van der Waals surface area contributed by atoms with E-state index in [0.29, 0.717) is 12.1 Å². The first-order chi connectivity index (χ1) is 21.5. The van der Waals surface area contributed by atoms with Gasteiger partial charge in [0.1, 0.15) is 23.2 Å². The van der Waals surface area contributed by atoms with Crippen molar-refractivity contribution in [3.8, 4) is 28.0 Å². The molecule has 0 amide bonds. The van der Waals surface area contributed by atoms with E-state index in [4.69, 9.17) is 0 Å². The summed E-state index contributed by atoms with van der Waals surface area (Å²) in [6.07, 6.45) is 4.82. The second-order valence-electron chi connectivity index (χ2n) is 11.7. The lowest BCUT2D eigenvalue weighted by molar-refractivity contribution is -0.187. The minimum Gasteiger partial charge on any atom is -0.429 e. The van der Waals surface area contributed by atoms with Crippen molar-refractivity contribution in [2.45, 2.75) is 70.3 Å². The Morgan fingerprint density at radius 2 is 1.22 bits per heavy atom. The summed E-state index contributed by atoms with van der Waals surface area (Å²) < 4.78 is 119. The van der Waals surface area contributed by atoms with E-state index in [0.717, 1.165) is 49.3 Å². The highest BCUT2D eigenvalue weighted by molar-refractivity contribution is 5.72. The van der Waals surface area contributed by atoms with Crippen molar-refractivity contribution < 1.29 is 39.9 Å². The maximum atomic E-state index is 15.2. The molecule has 0 heterocycles. The molecule has 4 aromatic carbocycles. The van der Waals surface area contributed by atoms with Crippen LogP contribution in [-0.2, 0) is 6.11 Å². The molecule has 0 aliphatic heterocycles. The molecule has 0 unspecified atom stereocenters. The van der Waals surface area contributed by atoms with E-state index in [1.54, 1.807) is 6.07 Å². The Balaban J connectivity index is 1.29. The summed E-state index contributed by atoms with van der Waals surface area (Å²) in [5, 5.41) is 0. The normalized spacial score (nSPS) is 17.0. The maximum absolute atomic E-state index is 15.2. The van der Waals surface area contributed by atoms with Gasteiger partial charge in [-0.3, -0.25) is 0 Å². The number of unbranched alkanes of at least 4 members (excludes halogenated alkanes) is 2. The number of hydrogen-bond donors (Lipinski definition) is 0. The highest BCUT2D eigenvalue weighted by Crippen LogP contribution is 2.40. The van der Waals surface area contributed by atoms with Crippen LogP contribution in [0.4, 0.5) is 35.1 Å². The fourth-order valence-electron chi connectivity index (χ4n) is 6.12. The number of rotatable bonds is 10. The van der Waals surface area contributed by atoms with Gasteiger partial charge in [-0.1, -0.05) is 62.9 Å². The lowest BCUT2D eigenvalue weighted by Crippen LogP contribution is -2.23. The molecule has 9 heteroatoms. The molecule has 0 spiro atoms. The van der Waals surface area contributed by atoms with E-state index in [1.807, 2.05) is 6.07 Å². The molecule has 0 N–H and O–H groups in total. The predicted octanol–water partition coefficient (Wildman–Crippen LogP) is 11.8. The van der Waals surface area contributed by atoms with Crippen LogP contribution in [0.5, 0.6) is 5.75 Å². The molecule has 4 aromatic rings. The Labute approximate surface area is 256 Å². The first kappa shape index (κ1) is 32.5. The fraction of sp³-hybridized carbons (Fsp3) is 0.333. The van der Waals surface area contributed by atoms with Gasteiger partial charge in [0.15, 0.2) is 17.5 Å². The van der Waals surface area contributed by atoms with E-state index >= 15 is 8.78 Å². The van der Waals surface area contributed by atoms with Gasteiger partial charge in [-0.2, -0.15) is 8.78 Å². The number of ether oxygens (including phenoxy) is 1. The molecule has 45 heavy (non-hydrogen) atoms. The van der Waals surface area contributed by atoms with E-state index in [2.05, 4.69) is 11.7 Å². The van der Waals surface area contributed by atoms with Crippen LogP contribution < -0.4 is 4.74 Å². The molecule has 5 rings (SSSR count). The number of hydrogen-bond acceptors (Lipinski definition) is 1. The standard InChI is InChI=1S/C36H32F8O/c1-2-3-4-5-21-6-8-22(9-7-21)23-10-13-27(30(37)16-23)24-11-14-28(31(38)17-24)25-12-15-29(32(39)18-25)36(43,44)45-26-19-33(40)35(42)34(41)20-26/h10-22H,2-9H2,1H3. The molecular formula is C36H32F8O. The zero-order chi connectivity index (χ0) is 32.3. The van der Waals surface area contributed by atoms with Crippen molar-refractivity contribution in [1.29, 1.82) is 0 Å². The first-order valence-electron chi connectivity index (χ1n) is 15.1. The first-order valence-corrected chi connectivity index (χ1v) is 15.1. The monoisotopic (exact) mass is 632 g/mol. The average Bonchev–Trinajstić information content (AvgIpc) is 3.00. The highest BCUT2D eigenvalue weighted by Gasteiger charge is 2.38. The molecule has 1 nitrogen and oxygen atoms in total. The van der Waals surface area contributed by atoms with Gasteiger partial charge in [0, 0.05) is 23.3 Å². The second-order valence-corrected chi connectivity index (χ2v) is 11.7. The van der Waals surface area contributed by atoms with Crippen LogP contribution in [0.1, 0.15) is 75.3 Å². The van der Waals surface area contributed by atoms with Crippen LogP contribution in [0, 0.1) is 40.8 Å². The predicted molar refractivity (Wildman–Crippen MR) is 157 cm³/mol. The zero-order valence-electron chi connectivity index (χ0n) is 24.6. The molecule has 0 saturated heterocycles. The lowest BCUT2D eigenvalue weighted by Gasteiger charge is -2.29. The number of alkyl halides is 2. The van der Waals surface area contributed by atoms with Crippen molar-refractivity contribution in [3.05, 3.63) is 113 Å². The Hall–Kier alpha value is -3.88. The van der Waals surface area contributed by atoms with Crippen LogP contribution in [-0.4, -0.2) is 0 Å². The summed E-state index contributed by atoms with van der Waals surface area (Å²) in [7, 11) is 0. The fourth-order valence-corrected chi connectivity index (χ4v) is 6.12. The average molecular weight is 633 g/mol. The zero-order valence-corrected chi connectivity index (χ0v) is 24.6. The Kier molecular flexibility index (Phi) is 9.85. The van der Waals surface area contributed by atoms with Gasteiger partial charge in [0.05, 0.1) is 5.56 Å². The van der Waals surface area contributed by atoms with E-state index < -0.39 is 52.3 Å². The minimum absolute atomic E-state index is 0.0870. The summed E-state index contributed by atoms with van der Waals surface area (Å²) >= 11 is 0. The summed E-state index contributed by atoms with van der Waals surface area (Å²) in [6, 6.07) is 11.6. The third-order valence-corrected chi connectivity index (χ3v) is 8.60. The van der Waals surface area contributed by atoms with Gasteiger partial charge in [0.2, 0.25) is 0 Å². The smallest absolute Gasteiger partial charge is 0.429 e. The summed E-state index contributed by atoms with van der Waals surface area (Å²) in [6.45, 7) is 2.19. The molecule has 1 aliphatic rings. The van der Waals surface area contributed by atoms with Gasteiger partial charge in [0.25, 0.3) is 0 Å². The van der Waals surface area contributed by atoms with E-state index in [1.165, 1.54) is 43.9 Å². The van der Waals surface area contributed by atoms with Gasteiger partial charge in [-0.05, 0) is 78.5 Å². The van der Waals surface area contributed by atoms with Gasteiger partial charge < -0.3 is 4.74 Å². The van der Waals surface area contributed by atoms with Gasteiger partial charge in [-0.25, -0.2) is 26.3 Å². The lowest BCUT2D eigenvalue weighted by atomic mass is 9.77. The van der Waals surface area contributed by atoms with Crippen molar-refractivity contribution in [2.24, 2.45) is 5.92 Å². The molecule has 1 saturated carbocycles. The highest BCUT2D eigenvalue weighted by atomic mass is 19.3. The number of benzene rings is 4. The summed E-state index contributed by atoms with van der Waals surface area (Å²) in [4.78, 5) is 0. The minimum atomic E-state index is -4.40. The molecule has 0 bridgehead atoms. The topological polar surface area (TPSA) is 9.23 Å². The molecule has 0 atom stereocenters. The van der Waals surface area contributed by atoms with E-state index in [-0.39, 0.29) is 40.3 Å². The van der Waals surface area contributed by atoms with Crippen molar-refractivity contribution in [3.63, 3.8) is 0 Å². The van der Waals surface area contributed by atoms with Crippen molar-refractivity contribution >= 4 is 0 Å². The van der Waals surface area contributed by atoms with Crippen LogP contribution >= 0.6 is 0 Å². The molecule has 238 valence electrons. The molecule has 0 aromatic heterocycles. The summed E-state index contributed by atoms with van der Waals surface area (Å²) in [5.41, 5.74) is -0.118. The maximum Gasteiger partial charge on any atom is 0.429 e. The van der Waals surface area contributed by atoms with E-state index in [9.17, 15) is 26.3 Å². The third kappa shape index (κ3) is 7.34. The largest absolute Gasteiger partial charge is 0.429 e.